The zero-order valence-electron chi connectivity index (χ0n) is 12.5. The zero-order valence-corrected chi connectivity index (χ0v) is 13.3. The monoisotopic (exact) mass is 297 g/mol. The standard InChI is InChI=1S/C15H23NO3S/c1-11(2)13(4)16-15(17)10-20(18,19)9-14-7-5-12(3)6-8-14/h5-8,11,13H,9-10H2,1-4H3,(H,16,17)/t13-/m0/s1. The van der Waals surface area contributed by atoms with Crippen molar-refractivity contribution >= 4 is 15.7 Å². The number of sulfone groups is 1. The Morgan fingerprint density at radius 1 is 1.15 bits per heavy atom. The van der Waals surface area contributed by atoms with Crippen LogP contribution in [0.5, 0.6) is 0 Å². The molecule has 0 radical (unpaired) electrons. The molecule has 1 rings (SSSR count). The van der Waals surface area contributed by atoms with Gasteiger partial charge in [-0.15, -0.1) is 0 Å². The van der Waals surface area contributed by atoms with E-state index < -0.39 is 21.5 Å². The molecule has 1 aromatic rings. The van der Waals surface area contributed by atoms with Gasteiger partial charge >= 0.3 is 0 Å². The van der Waals surface area contributed by atoms with Gasteiger partial charge in [0.2, 0.25) is 5.91 Å². The molecule has 5 heteroatoms. The molecule has 112 valence electrons. The Balaban J connectivity index is 2.61. The van der Waals surface area contributed by atoms with Gasteiger partial charge in [-0.3, -0.25) is 4.79 Å². The van der Waals surface area contributed by atoms with Crippen LogP contribution in [-0.4, -0.2) is 26.1 Å². The Bertz CT molecular complexity index is 547. The molecule has 1 amide bonds. The van der Waals surface area contributed by atoms with E-state index in [4.69, 9.17) is 0 Å². The van der Waals surface area contributed by atoms with Crippen molar-refractivity contribution in [3.8, 4) is 0 Å². The molecular weight excluding hydrogens is 274 g/mol. The average molecular weight is 297 g/mol. The summed E-state index contributed by atoms with van der Waals surface area (Å²) in [7, 11) is -3.43. The van der Waals surface area contributed by atoms with Gasteiger partial charge in [-0.2, -0.15) is 0 Å². The predicted molar refractivity (Wildman–Crippen MR) is 81.1 cm³/mol. The lowest BCUT2D eigenvalue weighted by atomic mass is 10.1. The fraction of sp³-hybridized carbons (Fsp3) is 0.533. The Morgan fingerprint density at radius 2 is 1.70 bits per heavy atom. The molecule has 1 N–H and O–H groups in total. The number of aryl methyl sites for hydroxylation is 1. The van der Waals surface area contributed by atoms with E-state index in [1.807, 2.05) is 39.8 Å². The highest BCUT2D eigenvalue weighted by Gasteiger charge is 2.19. The highest BCUT2D eigenvalue weighted by atomic mass is 32.2. The number of nitrogens with one attached hydrogen (secondary N) is 1. The molecule has 4 nitrogen and oxygen atoms in total. The lowest BCUT2D eigenvalue weighted by Crippen LogP contribution is -2.39. The molecule has 0 bridgehead atoms. The molecule has 20 heavy (non-hydrogen) atoms. The third-order valence-corrected chi connectivity index (χ3v) is 4.72. The van der Waals surface area contributed by atoms with Crippen molar-refractivity contribution in [3.05, 3.63) is 35.4 Å². The Kier molecular flexibility index (Phi) is 5.74. The van der Waals surface area contributed by atoms with E-state index in [-0.39, 0.29) is 17.7 Å². The van der Waals surface area contributed by atoms with Crippen molar-refractivity contribution in [2.24, 2.45) is 5.92 Å². The summed E-state index contributed by atoms with van der Waals surface area (Å²) < 4.78 is 24.0. The van der Waals surface area contributed by atoms with E-state index in [0.717, 1.165) is 5.56 Å². The van der Waals surface area contributed by atoms with E-state index in [9.17, 15) is 13.2 Å². The smallest absolute Gasteiger partial charge is 0.235 e. The van der Waals surface area contributed by atoms with Gasteiger partial charge in [0.25, 0.3) is 0 Å². The minimum atomic E-state index is -3.43. The number of benzene rings is 1. The molecule has 1 atom stereocenters. The van der Waals surface area contributed by atoms with Gasteiger partial charge in [0.1, 0.15) is 5.75 Å². The maximum atomic E-state index is 12.0. The van der Waals surface area contributed by atoms with Crippen LogP contribution < -0.4 is 5.32 Å². The summed E-state index contributed by atoms with van der Waals surface area (Å²) in [5, 5.41) is 2.71. The predicted octanol–water partition coefficient (Wildman–Crippen LogP) is 2.07. The van der Waals surface area contributed by atoms with Gasteiger partial charge in [-0.1, -0.05) is 43.7 Å². The minimum absolute atomic E-state index is 0.0305. The molecule has 0 heterocycles. The first-order valence-electron chi connectivity index (χ1n) is 6.75. The molecule has 0 aliphatic carbocycles. The summed E-state index contributed by atoms with van der Waals surface area (Å²) in [5.41, 5.74) is 1.79. The lowest BCUT2D eigenvalue weighted by Gasteiger charge is -2.17. The maximum absolute atomic E-state index is 12.0. The second-order valence-corrected chi connectivity index (χ2v) is 7.68. The molecule has 0 fully saturated rings. The van der Waals surface area contributed by atoms with Crippen molar-refractivity contribution in [1.82, 2.24) is 5.32 Å². The topological polar surface area (TPSA) is 63.2 Å². The van der Waals surface area contributed by atoms with Crippen molar-refractivity contribution in [1.29, 1.82) is 0 Å². The first-order chi connectivity index (χ1) is 9.19. The molecule has 0 unspecified atom stereocenters. The van der Waals surface area contributed by atoms with Gasteiger partial charge in [0.15, 0.2) is 9.84 Å². The normalized spacial score (nSPS) is 13.2. The molecule has 0 spiro atoms. The summed E-state index contributed by atoms with van der Waals surface area (Å²) in [6.07, 6.45) is 0. The quantitative estimate of drug-likeness (QED) is 0.874. The van der Waals surface area contributed by atoms with Crippen LogP contribution in [0, 0.1) is 12.8 Å². The number of rotatable bonds is 6. The highest BCUT2D eigenvalue weighted by molar-refractivity contribution is 7.91. The fourth-order valence-corrected chi connectivity index (χ4v) is 2.94. The van der Waals surface area contributed by atoms with Crippen LogP contribution in [0.4, 0.5) is 0 Å². The minimum Gasteiger partial charge on any atom is -0.353 e. The maximum Gasteiger partial charge on any atom is 0.235 e. The molecule has 0 aliphatic rings. The fourth-order valence-electron chi connectivity index (χ4n) is 1.65. The van der Waals surface area contributed by atoms with Gasteiger partial charge in [-0.05, 0) is 25.3 Å². The van der Waals surface area contributed by atoms with Gasteiger partial charge in [0, 0.05) is 6.04 Å². The van der Waals surface area contributed by atoms with Gasteiger partial charge < -0.3 is 5.32 Å². The van der Waals surface area contributed by atoms with E-state index >= 15 is 0 Å². The van der Waals surface area contributed by atoms with Crippen LogP contribution in [0.2, 0.25) is 0 Å². The van der Waals surface area contributed by atoms with Crippen molar-refractivity contribution in [2.45, 2.75) is 39.5 Å². The Hall–Kier alpha value is -1.36. The van der Waals surface area contributed by atoms with Crippen LogP contribution in [0.1, 0.15) is 31.9 Å². The lowest BCUT2D eigenvalue weighted by molar-refractivity contribution is -0.119. The first-order valence-corrected chi connectivity index (χ1v) is 8.57. The summed E-state index contributed by atoms with van der Waals surface area (Å²) in [5.74, 6) is -0.716. The Labute approximate surface area is 121 Å². The van der Waals surface area contributed by atoms with Crippen molar-refractivity contribution in [3.63, 3.8) is 0 Å². The van der Waals surface area contributed by atoms with Gasteiger partial charge in [-0.25, -0.2) is 8.42 Å². The van der Waals surface area contributed by atoms with E-state index in [0.29, 0.717) is 5.56 Å². The summed E-state index contributed by atoms with van der Waals surface area (Å²) in [4.78, 5) is 11.7. The van der Waals surface area contributed by atoms with Crippen LogP contribution in [0.15, 0.2) is 24.3 Å². The second-order valence-electron chi connectivity index (χ2n) is 5.62. The van der Waals surface area contributed by atoms with Crippen LogP contribution >= 0.6 is 0 Å². The van der Waals surface area contributed by atoms with Crippen LogP contribution in [-0.2, 0) is 20.4 Å². The molecule has 1 aromatic carbocycles. The number of carbonyl (C=O) groups is 1. The summed E-state index contributed by atoms with van der Waals surface area (Å²) in [6.45, 7) is 7.77. The van der Waals surface area contributed by atoms with Gasteiger partial charge in [0.05, 0.1) is 5.75 Å². The molecule has 0 saturated heterocycles. The Morgan fingerprint density at radius 3 is 2.20 bits per heavy atom. The zero-order chi connectivity index (χ0) is 15.3. The van der Waals surface area contributed by atoms with Crippen LogP contribution in [0.3, 0.4) is 0 Å². The highest BCUT2D eigenvalue weighted by Crippen LogP contribution is 2.09. The molecule has 0 aliphatic heterocycles. The largest absolute Gasteiger partial charge is 0.353 e. The third-order valence-electron chi connectivity index (χ3n) is 3.25. The van der Waals surface area contributed by atoms with Crippen molar-refractivity contribution in [2.75, 3.05) is 5.75 Å². The molecular formula is C15H23NO3S. The number of amides is 1. The van der Waals surface area contributed by atoms with Crippen LogP contribution in [0.25, 0.3) is 0 Å². The van der Waals surface area contributed by atoms with Crippen molar-refractivity contribution < 1.29 is 13.2 Å². The molecule has 0 aromatic heterocycles. The molecule has 0 saturated carbocycles. The number of carbonyl (C=O) groups excluding carboxylic acids is 1. The van der Waals surface area contributed by atoms with E-state index in [1.165, 1.54) is 0 Å². The average Bonchev–Trinajstić information content (AvgIpc) is 2.30. The third kappa shape index (κ3) is 5.74. The SMILES string of the molecule is Cc1ccc(CS(=O)(=O)CC(=O)N[C@@H](C)C(C)C)cc1. The van der Waals surface area contributed by atoms with E-state index in [2.05, 4.69) is 5.32 Å². The number of hydrogen-bond donors (Lipinski definition) is 1. The first kappa shape index (κ1) is 16.7. The number of hydrogen-bond acceptors (Lipinski definition) is 3. The summed E-state index contributed by atoms with van der Waals surface area (Å²) in [6, 6.07) is 7.26. The van der Waals surface area contributed by atoms with E-state index in [1.54, 1.807) is 12.1 Å². The second kappa shape index (κ2) is 6.88. The summed E-state index contributed by atoms with van der Waals surface area (Å²) >= 11 is 0.